The number of methoxy groups -OCH3 is 1. The largest absolute Gasteiger partial charge is 0.468 e. The van der Waals surface area contributed by atoms with Crippen LogP contribution in [-0.4, -0.2) is 55.0 Å². The molecule has 1 amide bonds. The first-order chi connectivity index (χ1) is 13.4. The third-order valence-corrected chi connectivity index (χ3v) is 4.74. The third-order valence-electron chi connectivity index (χ3n) is 4.74. The number of halogens is 3. The number of hydrogen-bond donors (Lipinski definition) is 0. The molecule has 5 nitrogen and oxygen atoms in total. The summed E-state index contributed by atoms with van der Waals surface area (Å²) in [5, 5.41) is 0. The monoisotopic (exact) mass is 392 g/mol. The van der Waals surface area contributed by atoms with Crippen LogP contribution in [0.5, 0.6) is 0 Å². The Morgan fingerprint density at radius 1 is 0.929 bits per heavy atom. The Hall–Kier alpha value is -2.87. The van der Waals surface area contributed by atoms with Crippen molar-refractivity contribution in [3.05, 3.63) is 71.0 Å². The maximum Gasteiger partial charge on any atom is 0.327 e. The first kappa shape index (κ1) is 19.9. The Balaban J connectivity index is 1.71. The van der Waals surface area contributed by atoms with Gasteiger partial charge in [-0.05, 0) is 35.9 Å². The van der Waals surface area contributed by atoms with Gasteiger partial charge in [0.2, 0.25) is 0 Å². The molecule has 2 aromatic carbocycles. The Bertz CT molecular complexity index is 865. The molecule has 0 aliphatic carbocycles. The zero-order chi connectivity index (χ0) is 20.3. The summed E-state index contributed by atoms with van der Waals surface area (Å²) in [4.78, 5) is 28.2. The van der Waals surface area contributed by atoms with Gasteiger partial charge in [-0.15, -0.1) is 0 Å². The molecule has 1 aliphatic rings. The molecule has 0 N–H and O–H groups in total. The molecule has 0 bridgehead atoms. The van der Waals surface area contributed by atoms with Crippen molar-refractivity contribution in [1.29, 1.82) is 0 Å². The minimum Gasteiger partial charge on any atom is -0.468 e. The lowest BCUT2D eigenvalue weighted by molar-refractivity contribution is -0.148. The summed E-state index contributed by atoms with van der Waals surface area (Å²) >= 11 is 0. The maximum atomic E-state index is 13.4. The first-order valence-electron chi connectivity index (χ1n) is 8.72. The lowest BCUT2D eigenvalue weighted by Gasteiger charge is -2.38. The number of benzene rings is 2. The number of hydrogen-bond acceptors (Lipinski definition) is 4. The molecule has 1 saturated heterocycles. The fourth-order valence-electron chi connectivity index (χ4n) is 3.25. The van der Waals surface area contributed by atoms with Crippen LogP contribution in [0.2, 0.25) is 0 Å². The van der Waals surface area contributed by atoms with E-state index in [1.54, 1.807) is 0 Å². The van der Waals surface area contributed by atoms with E-state index in [0.29, 0.717) is 31.7 Å². The van der Waals surface area contributed by atoms with E-state index in [1.165, 1.54) is 42.3 Å². The second-order valence-corrected chi connectivity index (χ2v) is 6.43. The molecule has 1 heterocycles. The summed E-state index contributed by atoms with van der Waals surface area (Å²) in [6.07, 6.45) is 0. The van der Waals surface area contributed by atoms with Crippen molar-refractivity contribution in [2.24, 2.45) is 0 Å². The van der Waals surface area contributed by atoms with Crippen LogP contribution in [0, 0.1) is 17.5 Å². The zero-order valence-electron chi connectivity index (χ0n) is 15.2. The molecule has 28 heavy (non-hydrogen) atoms. The molecule has 1 aliphatic heterocycles. The lowest BCUT2D eigenvalue weighted by Crippen LogP contribution is -2.51. The molecule has 8 heteroatoms. The summed E-state index contributed by atoms with van der Waals surface area (Å²) in [5.74, 6) is -3.38. The van der Waals surface area contributed by atoms with Gasteiger partial charge in [0.25, 0.3) is 5.91 Å². The van der Waals surface area contributed by atoms with E-state index in [1.807, 2.05) is 4.90 Å². The number of esters is 1. The summed E-state index contributed by atoms with van der Waals surface area (Å²) in [7, 11) is 1.28. The van der Waals surface area contributed by atoms with Crippen molar-refractivity contribution in [1.82, 2.24) is 9.80 Å². The summed E-state index contributed by atoms with van der Waals surface area (Å²) in [6.45, 7) is 1.33. The third kappa shape index (κ3) is 4.17. The van der Waals surface area contributed by atoms with E-state index in [2.05, 4.69) is 0 Å². The molecule has 0 aromatic heterocycles. The Morgan fingerprint density at radius 2 is 1.57 bits per heavy atom. The quantitative estimate of drug-likeness (QED) is 0.751. The standard InChI is InChI=1S/C20H19F3N2O3/c1-28-20(27)18(13-2-5-15(21)6-3-13)24-8-10-25(11-9-24)19(26)14-4-7-16(22)17(23)12-14/h2-7,12,18H,8-11H2,1H3. The fourth-order valence-corrected chi connectivity index (χ4v) is 3.25. The minimum atomic E-state index is -1.08. The van der Waals surface area contributed by atoms with E-state index in [9.17, 15) is 22.8 Å². The van der Waals surface area contributed by atoms with Crippen LogP contribution < -0.4 is 0 Å². The van der Waals surface area contributed by atoms with Crippen LogP contribution in [0.1, 0.15) is 22.0 Å². The number of ether oxygens (including phenoxy) is 1. The van der Waals surface area contributed by atoms with Gasteiger partial charge in [0, 0.05) is 31.7 Å². The van der Waals surface area contributed by atoms with Gasteiger partial charge in [-0.1, -0.05) is 12.1 Å². The summed E-state index contributed by atoms with van der Waals surface area (Å²) in [6, 6.07) is 7.91. The van der Waals surface area contributed by atoms with E-state index in [4.69, 9.17) is 4.74 Å². The van der Waals surface area contributed by atoms with Gasteiger partial charge in [-0.2, -0.15) is 0 Å². The average Bonchev–Trinajstić information content (AvgIpc) is 2.71. The fraction of sp³-hybridized carbons (Fsp3) is 0.300. The van der Waals surface area contributed by atoms with Gasteiger partial charge >= 0.3 is 5.97 Å². The first-order valence-corrected chi connectivity index (χ1v) is 8.72. The highest BCUT2D eigenvalue weighted by atomic mass is 19.2. The van der Waals surface area contributed by atoms with Crippen molar-refractivity contribution in [2.75, 3.05) is 33.3 Å². The van der Waals surface area contributed by atoms with Crippen LogP contribution in [0.3, 0.4) is 0 Å². The number of nitrogens with zero attached hydrogens (tertiary/aromatic N) is 2. The van der Waals surface area contributed by atoms with Crippen molar-refractivity contribution in [3.8, 4) is 0 Å². The highest BCUT2D eigenvalue weighted by Crippen LogP contribution is 2.24. The molecule has 0 radical (unpaired) electrons. The number of carbonyl (C=O) groups excluding carboxylic acids is 2. The van der Waals surface area contributed by atoms with Crippen LogP contribution in [-0.2, 0) is 9.53 Å². The minimum absolute atomic E-state index is 0.0652. The normalized spacial score (nSPS) is 15.9. The molecule has 148 valence electrons. The Kier molecular flexibility index (Phi) is 5.99. The highest BCUT2D eigenvalue weighted by Gasteiger charge is 2.32. The number of rotatable bonds is 4. The lowest BCUT2D eigenvalue weighted by atomic mass is 10.0. The van der Waals surface area contributed by atoms with Gasteiger partial charge in [-0.3, -0.25) is 9.69 Å². The highest BCUT2D eigenvalue weighted by molar-refractivity contribution is 5.94. The summed E-state index contributed by atoms with van der Waals surface area (Å²) < 4.78 is 44.5. The number of piperazine rings is 1. The van der Waals surface area contributed by atoms with Crippen molar-refractivity contribution in [3.63, 3.8) is 0 Å². The number of carbonyl (C=O) groups is 2. The molecular formula is C20H19F3N2O3. The molecule has 1 atom stereocenters. The molecule has 3 rings (SSSR count). The van der Waals surface area contributed by atoms with E-state index in [0.717, 1.165) is 12.1 Å². The van der Waals surface area contributed by atoms with E-state index in [-0.39, 0.29) is 5.56 Å². The molecule has 1 unspecified atom stereocenters. The topological polar surface area (TPSA) is 49.9 Å². The molecule has 0 saturated carbocycles. The van der Waals surface area contributed by atoms with Crippen molar-refractivity contribution < 1.29 is 27.5 Å². The Morgan fingerprint density at radius 3 is 2.14 bits per heavy atom. The summed E-state index contributed by atoms with van der Waals surface area (Å²) in [5.41, 5.74) is 0.657. The van der Waals surface area contributed by atoms with E-state index >= 15 is 0 Å². The molecule has 2 aromatic rings. The molecule has 1 fully saturated rings. The van der Waals surface area contributed by atoms with Gasteiger partial charge in [0.05, 0.1) is 7.11 Å². The van der Waals surface area contributed by atoms with Crippen LogP contribution in [0.4, 0.5) is 13.2 Å². The SMILES string of the molecule is COC(=O)C(c1ccc(F)cc1)N1CCN(C(=O)c2ccc(F)c(F)c2)CC1. The van der Waals surface area contributed by atoms with Gasteiger partial charge in [-0.25, -0.2) is 18.0 Å². The van der Waals surface area contributed by atoms with Crippen LogP contribution >= 0.6 is 0 Å². The number of amides is 1. The predicted octanol–water partition coefficient (Wildman–Crippen LogP) is 2.78. The van der Waals surface area contributed by atoms with Crippen LogP contribution in [0.25, 0.3) is 0 Å². The second-order valence-electron chi connectivity index (χ2n) is 6.43. The van der Waals surface area contributed by atoms with Crippen molar-refractivity contribution in [2.45, 2.75) is 6.04 Å². The predicted molar refractivity (Wildman–Crippen MR) is 95.0 cm³/mol. The molecular weight excluding hydrogens is 373 g/mol. The second kappa shape index (κ2) is 8.43. The van der Waals surface area contributed by atoms with Crippen molar-refractivity contribution >= 4 is 11.9 Å². The smallest absolute Gasteiger partial charge is 0.327 e. The molecule has 0 spiro atoms. The zero-order valence-corrected chi connectivity index (χ0v) is 15.2. The average molecular weight is 392 g/mol. The Labute approximate surface area is 160 Å². The van der Waals surface area contributed by atoms with Gasteiger partial charge in [0.15, 0.2) is 11.6 Å². The maximum absolute atomic E-state index is 13.4. The van der Waals surface area contributed by atoms with Crippen LogP contribution in [0.15, 0.2) is 42.5 Å². The van der Waals surface area contributed by atoms with E-state index < -0.39 is 35.4 Å². The van der Waals surface area contributed by atoms with Gasteiger partial charge in [0.1, 0.15) is 11.9 Å². The van der Waals surface area contributed by atoms with Gasteiger partial charge < -0.3 is 9.64 Å².